The van der Waals surface area contributed by atoms with Gasteiger partial charge >= 0.3 is 0 Å². The number of aromatic nitrogens is 3. The van der Waals surface area contributed by atoms with Gasteiger partial charge in [-0.2, -0.15) is 0 Å². The molecule has 0 radical (unpaired) electrons. The maximum absolute atomic E-state index is 5.62. The van der Waals surface area contributed by atoms with Gasteiger partial charge in [0.1, 0.15) is 5.69 Å². The van der Waals surface area contributed by atoms with E-state index in [4.69, 9.17) is 9.40 Å². The second kappa shape index (κ2) is 6.43. The van der Waals surface area contributed by atoms with Crippen molar-refractivity contribution in [1.29, 1.82) is 0 Å². The molecule has 0 saturated carbocycles. The third-order valence-electron chi connectivity index (χ3n) is 4.46. The Labute approximate surface area is 141 Å². The Kier molecular flexibility index (Phi) is 3.99. The summed E-state index contributed by atoms with van der Waals surface area (Å²) >= 11 is 0. The van der Waals surface area contributed by atoms with Crippen molar-refractivity contribution in [2.45, 2.75) is 19.8 Å². The van der Waals surface area contributed by atoms with Gasteiger partial charge in [0.2, 0.25) is 5.95 Å². The summed E-state index contributed by atoms with van der Waals surface area (Å²) in [5.74, 6) is 2.22. The van der Waals surface area contributed by atoms with Crippen LogP contribution in [-0.4, -0.2) is 28.0 Å². The van der Waals surface area contributed by atoms with Crippen molar-refractivity contribution in [3.63, 3.8) is 0 Å². The summed E-state index contributed by atoms with van der Waals surface area (Å²) in [5.41, 5.74) is 2.82. The number of furan rings is 1. The van der Waals surface area contributed by atoms with Crippen LogP contribution >= 0.6 is 0 Å². The number of hydrogen-bond donors (Lipinski definition) is 0. The summed E-state index contributed by atoms with van der Waals surface area (Å²) in [7, 11) is 0. The first-order valence-corrected chi connectivity index (χ1v) is 8.37. The SMILES string of the molecule is C[C@H]1CCCN(c2ncc(-c3ccncc3)c(-c3ccco3)n2)C1. The van der Waals surface area contributed by atoms with E-state index in [0.29, 0.717) is 5.92 Å². The molecular weight excluding hydrogens is 300 g/mol. The quantitative estimate of drug-likeness (QED) is 0.729. The molecule has 0 spiro atoms. The van der Waals surface area contributed by atoms with Crippen LogP contribution in [0.25, 0.3) is 22.6 Å². The maximum atomic E-state index is 5.62. The van der Waals surface area contributed by atoms with Gasteiger partial charge in [0.25, 0.3) is 0 Å². The van der Waals surface area contributed by atoms with Crippen molar-refractivity contribution in [2.75, 3.05) is 18.0 Å². The van der Waals surface area contributed by atoms with Crippen LogP contribution in [0.15, 0.2) is 53.5 Å². The first-order valence-electron chi connectivity index (χ1n) is 8.37. The van der Waals surface area contributed by atoms with Crippen molar-refractivity contribution in [3.8, 4) is 22.6 Å². The fourth-order valence-corrected chi connectivity index (χ4v) is 3.24. The minimum absolute atomic E-state index is 0.675. The summed E-state index contributed by atoms with van der Waals surface area (Å²) in [6.07, 6.45) is 9.59. The van der Waals surface area contributed by atoms with E-state index in [9.17, 15) is 0 Å². The zero-order valence-corrected chi connectivity index (χ0v) is 13.7. The van der Waals surface area contributed by atoms with Crippen molar-refractivity contribution in [3.05, 3.63) is 49.1 Å². The van der Waals surface area contributed by atoms with Gasteiger partial charge in [-0.3, -0.25) is 4.98 Å². The summed E-state index contributed by atoms with van der Waals surface area (Å²) in [5, 5.41) is 0. The van der Waals surface area contributed by atoms with E-state index < -0.39 is 0 Å². The minimum atomic E-state index is 0.675. The Bertz CT molecular complexity index is 801. The van der Waals surface area contributed by atoms with E-state index >= 15 is 0 Å². The Morgan fingerprint density at radius 1 is 1.21 bits per heavy atom. The molecule has 1 aliphatic rings. The van der Waals surface area contributed by atoms with Gasteiger partial charge in [-0.05, 0) is 48.6 Å². The van der Waals surface area contributed by atoms with Gasteiger partial charge < -0.3 is 9.32 Å². The standard InChI is InChI=1S/C19H20N4O/c1-14-4-2-10-23(13-14)19-21-12-16(15-6-8-20-9-7-15)18(22-19)17-5-3-11-24-17/h3,5-9,11-12,14H,2,4,10,13H2,1H3/t14-/m0/s1. The van der Waals surface area contributed by atoms with Crippen LogP contribution in [0.3, 0.4) is 0 Å². The number of anilines is 1. The number of hydrogen-bond acceptors (Lipinski definition) is 5. The predicted octanol–water partition coefficient (Wildman–Crippen LogP) is 4.03. The van der Waals surface area contributed by atoms with Gasteiger partial charge in [-0.15, -0.1) is 0 Å². The van der Waals surface area contributed by atoms with Gasteiger partial charge in [0.15, 0.2) is 5.76 Å². The monoisotopic (exact) mass is 320 g/mol. The molecule has 122 valence electrons. The molecular formula is C19H20N4O. The first-order chi connectivity index (χ1) is 11.8. The zero-order valence-electron chi connectivity index (χ0n) is 13.7. The molecule has 0 bridgehead atoms. The van der Waals surface area contributed by atoms with E-state index in [-0.39, 0.29) is 0 Å². The third-order valence-corrected chi connectivity index (χ3v) is 4.46. The smallest absolute Gasteiger partial charge is 0.226 e. The number of pyridine rings is 1. The van der Waals surface area contributed by atoms with Crippen LogP contribution < -0.4 is 4.90 Å². The van der Waals surface area contributed by atoms with Gasteiger partial charge in [-0.25, -0.2) is 9.97 Å². The summed E-state index contributed by atoms with van der Waals surface area (Å²) < 4.78 is 5.62. The molecule has 0 amide bonds. The van der Waals surface area contributed by atoms with Crippen molar-refractivity contribution in [1.82, 2.24) is 15.0 Å². The molecule has 1 atom stereocenters. The second-order valence-electron chi connectivity index (χ2n) is 6.34. The van der Waals surface area contributed by atoms with Gasteiger partial charge in [-0.1, -0.05) is 6.92 Å². The van der Waals surface area contributed by atoms with E-state index in [1.165, 1.54) is 12.8 Å². The molecule has 3 aromatic heterocycles. The molecule has 0 N–H and O–H groups in total. The fourth-order valence-electron chi connectivity index (χ4n) is 3.24. The molecule has 0 aromatic carbocycles. The highest BCUT2D eigenvalue weighted by Gasteiger charge is 2.21. The van der Waals surface area contributed by atoms with Crippen LogP contribution in [0.1, 0.15) is 19.8 Å². The molecule has 24 heavy (non-hydrogen) atoms. The third kappa shape index (κ3) is 2.89. The molecule has 1 fully saturated rings. The molecule has 0 unspecified atom stereocenters. The van der Waals surface area contributed by atoms with Crippen LogP contribution in [0.5, 0.6) is 0 Å². The highest BCUT2D eigenvalue weighted by Crippen LogP contribution is 2.32. The fraction of sp³-hybridized carbons (Fsp3) is 0.316. The van der Waals surface area contributed by atoms with Gasteiger partial charge in [0.05, 0.1) is 6.26 Å². The molecule has 4 heterocycles. The topological polar surface area (TPSA) is 55.1 Å². The molecule has 1 saturated heterocycles. The lowest BCUT2D eigenvalue weighted by molar-refractivity contribution is 0.442. The lowest BCUT2D eigenvalue weighted by Crippen LogP contribution is -2.35. The van der Waals surface area contributed by atoms with Crippen molar-refractivity contribution < 1.29 is 4.42 Å². The lowest BCUT2D eigenvalue weighted by Gasteiger charge is -2.31. The Hall–Kier alpha value is -2.69. The molecule has 1 aliphatic heterocycles. The number of nitrogens with zero attached hydrogens (tertiary/aromatic N) is 4. The first kappa shape index (κ1) is 14.9. The molecule has 0 aliphatic carbocycles. The summed E-state index contributed by atoms with van der Waals surface area (Å²) in [6, 6.07) is 7.76. The molecule has 4 rings (SSSR count). The van der Waals surface area contributed by atoms with Crippen LogP contribution in [0, 0.1) is 5.92 Å². The van der Waals surface area contributed by atoms with Crippen LogP contribution in [0.2, 0.25) is 0 Å². The minimum Gasteiger partial charge on any atom is -0.463 e. The summed E-state index contributed by atoms with van der Waals surface area (Å²) in [6.45, 7) is 4.30. The Balaban J connectivity index is 1.78. The zero-order chi connectivity index (χ0) is 16.4. The highest BCUT2D eigenvalue weighted by atomic mass is 16.3. The molecule has 3 aromatic rings. The van der Waals surface area contributed by atoms with E-state index in [1.54, 1.807) is 18.7 Å². The Morgan fingerprint density at radius 2 is 2.08 bits per heavy atom. The average Bonchev–Trinajstić information content (AvgIpc) is 3.16. The maximum Gasteiger partial charge on any atom is 0.226 e. The van der Waals surface area contributed by atoms with Crippen molar-refractivity contribution in [2.24, 2.45) is 5.92 Å². The predicted molar refractivity (Wildman–Crippen MR) is 93.6 cm³/mol. The molecule has 5 heteroatoms. The van der Waals surface area contributed by atoms with Crippen LogP contribution in [0.4, 0.5) is 5.95 Å². The highest BCUT2D eigenvalue weighted by molar-refractivity contribution is 5.78. The van der Waals surface area contributed by atoms with E-state index in [1.807, 2.05) is 30.5 Å². The summed E-state index contributed by atoms with van der Waals surface area (Å²) in [4.78, 5) is 15.9. The van der Waals surface area contributed by atoms with Crippen molar-refractivity contribution >= 4 is 5.95 Å². The number of rotatable bonds is 3. The van der Waals surface area contributed by atoms with E-state index in [2.05, 4.69) is 21.8 Å². The second-order valence-corrected chi connectivity index (χ2v) is 6.34. The number of piperidine rings is 1. The molecule has 5 nitrogen and oxygen atoms in total. The largest absolute Gasteiger partial charge is 0.463 e. The lowest BCUT2D eigenvalue weighted by atomic mass is 10.0. The van der Waals surface area contributed by atoms with Gasteiger partial charge in [0, 0.05) is 37.2 Å². The normalized spacial score (nSPS) is 17.9. The van der Waals surface area contributed by atoms with E-state index in [0.717, 1.165) is 41.6 Å². The average molecular weight is 320 g/mol. The van der Waals surface area contributed by atoms with Crippen LogP contribution in [-0.2, 0) is 0 Å². The Morgan fingerprint density at radius 3 is 2.83 bits per heavy atom.